The maximum atomic E-state index is 12.9. The fourth-order valence-electron chi connectivity index (χ4n) is 2.89. The molecule has 3 rings (SSSR count). The standard InChI is InChI=1S/C18H24N4O3S2/c1-14(2)20(3)27(24,25)16-6-4-5-15(13-16)17(23)21-8-10-22(11-9-21)18-19-7-12-26-18/h4-7,12-14H,8-11H2,1-3H3. The van der Waals surface area contributed by atoms with Gasteiger partial charge in [-0.15, -0.1) is 11.3 Å². The molecule has 7 nitrogen and oxygen atoms in total. The number of amides is 1. The summed E-state index contributed by atoms with van der Waals surface area (Å²) in [4.78, 5) is 21.2. The lowest BCUT2D eigenvalue weighted by Crippen LogP contribution is -2.48. The van der Waals surface area contributed by atoms with Gasteiger partial charge in [-0.25, -0.2) is 13.4 Å². The number of benzene rings is 1. The molecule has 0 unspecified atom stereocenters. The summed E-state index contributed by atoms with van der Waals surface area (Å²) < 4.78 is 26.7. The summed E-state index contributed by atoms with van der Waals surface area (Å²) >= 11 is 1.59. The maximum Gasteiger partial charge on any atom is 0.254 e. The molecule has 0 atom stereocenters. The Bertz CT molecular complexity index is 889. The highest BCUT2D eigenvalue weighted by Gasteiger charge is 2.26. The van der Waals surface area contributed by atoms with Crippen molar-refractivity contribution in [2.75, 3.05) is 38.1 Å². The Morgan fingerprint density at radius 3 is 2.52 bits per heavy atom. The molecule has 1 aromatic carbocycles. The van der Waals surface area contributed by atoms with E-state index in [-0.39, 0.29) is 16.8 Å². The van der Waals surface area contributed by atoms with Crippen molar-refractivity contribution in [2.45, 2.75) is 24.8 Å². The molecule has 1 aromatic heterocycles. The molecule has 1 saturated heterocycles. The first-order valence-corrected chi connectivity index (χ1v) is 11.1. The van der Waals surface area contributed by atoms with E-state index in [1.807, 2.05) is 19.2 Å². The lowest BCUT2D eigenvalue weighted by molar-refractivity contribution is 0.0746. The smallest absolute Gasteiger partial charge is 0.254 e. The number of sulfonamides is 1. The molecule has 0 saturated carbocycles. The Balaban J connectivity index is 1.73. The molecule has 1 amide bonds. The first kappa shape index (κ1) is 19.8. The number of anilines is 1. The molecule has 146 valence electrons. The number of carbonyl (C=O) groups excluding carboxylic acids is 1. The number of hydrogen-bond acceptors (Lipinski definition) is 6. The number of rotatable bonds is 5. The second-order valence-corrected chi connectivity index (χ2v) is 9.61. The summed E-state index contributed by atoms with van der Waals surface area (Å²) in [6.07, 6.45) is 1.78. The first-order chi connectivity index (χ1) is 12.8. The molecule has 0 N–H and O–H groups in total. The minimum absolute atomic E-state index is 0.141. The van der Waals surface area contributed by atoms with Crippen LogP contribution >= 0.6 is 11.3 Å². The van der Waals surface area contributed by atoms with Gasteiger partial charge in [0.15, 0.2) is 5.13 Å². The van der Waals surface area contributed by atoms with E-state index in [9.17, 15) is 13.2 Å². The van der Waals surface area contributed by atoms with Crippen molar-refractivity contribution in [1.29, 1.82) is 0 Å². The van der Waals surface area contributed by atoms with Gasteiger partial charge in [-0.2, -0.15) is 4.31 Å². The molecule has 1 aliphatic heterocycles. The maximum absolute atomic E-state index is 12.9. The van der Waals surface area contributed by atoms with Gasteiger partial charge < -0.3 is 9.80 Å². The molecule has 2 heterocycles. The number of piperazine rings is 1. The fraction of sp³-hybridized carbons (Fsp3) is 0.444. The average Bonchev–Trinajstić information content (AvgIpc) is 3.21. The third kappa shape index (κ3) is 4.15. The van der Waals surface area contributed by atoms with Crippen molar-refractivity contribution in [3.8, 4) is 0 Å². The summed E-state index contributed by atoms with van der Waals surface area (Å²) in [6.45, 7) is 6.23. The van der Waals surface area contributed by atoms with Gasteiger partial charge in [0.1, 0.15) is 0 Å². The van der Waals surface area contributed by atoms with Crippen LogP contribution in [0.4, 0.5) is 5.13 Å². The van der Waals surface area contributed by atoms with Crippen molar-refractivity contribution in [3.05, 3.63) is 41.4 Å². The van der Waals surface area contributed by atoms with Gasteiger partial charge in [0.25, 0.3) is 5.91 Å². The summed E-state index contributed by atoms with van der Waals surface area (Å²) in [5.41, 5.74) is 0.399. The average molecular weight is 409 g/mol. The fourth-order valence-corrected chi connectivity index (χ4v) is 5.00. The van der Waals surface area contributed by atoms with Crippen molar-refractivity contribution in [1.82, 2.24) is 14.2 Å². The monoisotopic (exact) mass is 408 g/mol. The highest BCUT2D eigenvalue weighted by atomic mass is 32.2. The van der Waals surface area contributed by atoms with E-state index >= 15 is 0 Å². The molecule has 0 bridgehead atoms. The third-order valence-corrected chi connectivity index (χ3v) is 7.60. The van der Waals surface area contributed by atoms with Gasteiger partial charge in [0, 0.05) is 56.4 Å². The van der Waals surface area contributed by atoms with Crippen LogP contribution < -0.4 is 4.90 Å². The van der Waals surface area contributed by atoms with Crippen LogP contribution in [-0.2, 0) is 10.0 Å². The quantitative estimate of drug-likeness (QED) is 0.758. The van der Waals surface area contributed by atoms with Crippen molar-refractivity contribution in [2.24, 2.45) is 0 Å². The number of hydrogen-bond donors (Lipinski definition) is 0. The van der Waals surface area contributed by atoms with Gasteiger partial charge in [0.05, 0.1) is 4.90 Å². The zero-order valence-electron chi connectivity index (χ0n) is 15.7. The predicted octanol–water partition coefficient (Wildman–Crippen LogP) is 2.13. The highest BCUT2D eigenvalue weighted by molar-refractivity contribution is 7.89. The van der Waals surface area contributed by atoms with Gasteiger partial charge in [-0.05, 0) is 32.0 Å². The predicted molar refractivity (Wildman–Crippen MR) is 107 cm³/mol. The van der Waals surface area contributed by atoms with Gasteiger partial charge in [-0.3, -0.25) is 4.79 Å². The highest BCUT2D eigenvalue weighted by Crippen LogP contribution is 2.21. The summed E-state index contributed by atoms with van der Waals surface area (Å²) in [6, 6.07) is 6.15. The van der Waals surface area contributed by atoms with Crippen LogP contribution in [0.2, 0.25) is 0 Å². The molecule has 27 heavy (non-hydrogen) atoms. The van der Waals surface area contributed by atoms with Gasteiger partial charge >= 0.3 is 0 Å². The topological polar surface area (TPSA) is 73.8 Å². The van der Waals surface area contributed by atoms with E-state index in [2.05, 4.69) is 9.88 Å². The number of aromatic nitrogens is 1. The van der Waals surface area contributed by atoms with E-state index < -0.39 is 10.0 Å². The van der Waals surface area contributed by atoms with Crippen molar-refractivity contribution in [3.63, 3.8) is 0 Å². The van der Waals surface area contributed by atoms with Crippen LogP contribution in [0.25, 0.3) is 0 Å². The van der Waals surface area contributed by atoms with E-state index in [0.717, 1.165) is 5.13 Å². The van der Waals surface area contributed by atoms with Crippen LogP contribution in [0.1, 0.15) is 24.2 Å². The molecule has 1 fully saturated rings. The van der Waals surface area contributed by atoms with Gasteiger partial charge in [-0.1, -0.05) is 6.07 Å². The SMILES string of the molecule is CC(C)N(C)S(=O)(=O)c1cccc(C(=O)N2CCN(c3nccs3)CC2)c1. The summed E-state index contributed by atoms with van der Waals surface area (Å²) in [5.74, 6) is -0.141. The van der Waals surface area contributed by atoms with E-state index in [4.69, 9.17) is 0 Å². The van der Waals surface area contributed by atoms with Crippen molar-refractivity contribution < 1.29 is 13.2 Å². The molecular formula is C18H24N4O3S2. The van der Waals surface area contributed by atoms with Crippen LogP contribution in [-0.4, -0.2) is 67.8 Å². The van der Waals surface area contributed by atoms with Crippen LogP contribution in [0.3, 0.4) is 0 Å². The van der Waals surface area contributed by atoms with E-state index in [1.54, 1.807) is 41.6 Å². The van der Waals surface area contributed by atoms with Crippen LogP contribution in [0.5, 0.6) is 0 Å². The van der Waals surface area contributed by atoms with Gasteiger partial charge in [0.2, 0.25) is 10.0 Å². The van der Waals surface area contributed by atoms with Crippen molar-refractivity contribution >= 4 is 32.4 Å². The van der Waals surface area contributed by atoms with Crippen LogP contribution in [0.15, 0.2) is 40.7 Å². The minimum Gasteiger partial charge on any atom is -0.345 e. The lowest BCUT2D eigenvalue weighted by Gasteiger charge is -2.34. The van der Waals surface area contributed by atoms with Crippen LogP contribution in [0, 0.1) is 0 Å². The Morgan fingerprint density at radius 2 is 1.93 bits per heavy atom. The normalized spacial score (nSPS) is 15.6. The molecule has 9 heteroatoms. The Hall–Kier alpha value is -1.97. The van der Waals surface area contributed by atoms with E-state index in [1.165, 1.54) is 16.4 Å². The second kappa shape index (κ2) is 7.95. The third-order valence-electron chi connectivity index (χ3n) is 4.74. The summed E-state index contributed by atoms with van der Waals surface area (Å²) in [5, 5.41) is 2.90. The zero-order chi connectivity index (χ0) is 19.6. The Kier molecular flexibility index (Phi) is 5.83. The number of thiazole rings is 1. The molecule has 2 aromatic rings. The summed E-state index contributed by atoms with van der Waals surface area (Å²) in [7, 11) is -2.07. The molecule has 1 aliphatic rings. The largest absolute Gasteiger partial charge is 0.345 e. The minimum atomic E-state index is -3.62. The molecule has 0 aliphatic carbocycles. The van der Waals surface area contributed by atoms with E-state index in [0.29, 0.717) is 31.7 Å². The second-order valence-electron chi connectivity index (χ2n) is 6.74. The zero-order valence-corrected chi connectivity index (χ0v) is 17.3. The Morgan fingerprint density at radius 1 is 1.22 bits per heavy atom. The molecule has 0 spiro atoms. The number of nitrogens with zero attached hydrogens (tertiary/aromatic N) is 4. The number of carbonyl (C=O) groups is 1. The Labute approximate surface area is 164 Å². The lowest BCUT2D eigenvalue weighted by atomic mass is 10.2. The first-order valence-electron chi connectivity index (χ1n) is 8.82. The molecular weight excluding hydrogens is 384 g/mol. The molecule has 0 radical (unpaired) electrons.